The molecule has 0 radical (unpaired) electrons. The molecule has 0 aliphatic carbocycles. The Morgan fingerprint density at radius 3 is 2.41 bits per heavy atom. The highest BCUT2D eigenvalue weighted by Gasteiger charge is 2.36. The molecule has 4 rings (SSSR count). The number of aryl methyl sites for hydroxylation is 2. The lowest BCUT2D eigenvalue weighted by Gasteiger charge is -2.38. The molecule has 0 aromatic heterocycles. The van der Waals surface area contributed by atoms with Gasteiger partial charge in [-0.15, -0.1) is 0 Å². The second kappa shape index (κ2) is 9.49. The summed E-state index contributed by atoms with van der Waals surface area (Å²) in [6, 6.07) is 26.2. The van der Waals surface area contributed by atoms with E-state index in [0.717, 1.165) is 28.9 Å². The number of likely N-dealkylation sites (N-methyl/N-ethyl adjacent to an activating group) is 1. The van der Waals surface area contributed by atoms with Gasteiger partial charge in [-0.1, -0.05) is 48.5 Å². The molecule has 0 spiro atoms. The molecule has 5 heteroatoms. The maximum absolute atomic E-state index is 13.5. The van der Waals surface area contributed by atoms with Crippen molar-refractivity contribution in [3.05, 3.63) is 95.6 Å². The third-order valence-electron chi connectivity index (χ3n) is 5.99. The number of fused-ring (bicyclic) bond motifs is 1. The van der Waals surface area contributed by atoms with E-state index in [1.165, 1.54) is 0 Å². The number of nitriles is 1. The van der Waals surface area contributed by atoms with E-state index in [1.54, 1.807) is 29.0 Å². The standard InChI is InChI=1S/C27H25N3O2/c1-29(23-8-3-2-4-9-23)27(32)25-17-16-22-7-5-6-10-24(22)30(25)26(31)18-15-20-11-13-21(19-28)14-12-20/h2-14,25H,15-18H2,1H3. The highest BCUT2D eigenvalue weighted by molar-refractivity contribution is 6.06. The topological polar surface area (TPSA) is 64.4 Å². The minimum Gasteiger partial charge on any atom is -0.314 e. The van der Waals surface area contributed by atoms with Gasteiger partial charge in [-0.25, -0.2) is 0 Å². The first-order chi connectivity index (χ1) is 15.6. The summed E-state index contributed by atoms with van der Waals surface area (Å²) in [5.41, 5.74) is 4.31. The summed E-state index contributed by atoms with van der Waals surface area (Å²) >= 11 is 0. The van der Waals surface area contributed by atoms with E-state index in [0.29, 0.717) is 24.8 Å². The molecule has 1 aliphatic rings. The summed E-state index contributed by atoms with van der Waals surface area (Å²) < 4.78 is 0. The zero-order valence-corrected chi connectivity index (χ0v) is 18.1. The highest BCUT2D eigenvalue weighted by atomic mass is 16.2. The van der Waals surface area contributed by atoms with Crippen molar-refractivity contribution in [1.82, 2.24) is 0 Å². The van der Waals surface area contributed by atoms with E-state index in [4.69, 9.17) is 5.26 Å². The minimum absolute atomic E-state index is 0.0682. The number of anilines is 2. The molecule has 0 saturated carbocycles. The van der Waals surface area contributed by atoms with Crippen LogP contribution in [0, 0.1) is 11.3 Å². The van der Waals surface area contributed by atoms with Crippen molar-refractivity contribution >= 4 is 23.2 Å². The van der Waals surface area contributed by atoms with Gasteiger partial charge in [0, 0.05) is 24.8 Å². The molecule has 160 valence electrons. The van der Waals surface area contributed by atoms with Crippen LogP contribution in [0.1, 0.15) is 29.5 Å². The maximum atomic E-state index is 13.5. The Balaban J connectivity index is 1.58. The molecule has 2 amide bonds. The fourth-order valence-corrected chi connectivity index (χ4v) is 4.21. The molecule has 0 fully saturated rings. The van der Waals surface area contributed by atoms with Crippen LogP contribution in [0.15, 0.2) is 78.9 Å². The Morgan fingerprint density at radius 2 is 1.69 bits per heavy atom. The van der Waals surface area contributed by atoms with E-state index < -0.39 is 6.04 Å². The molecule has 32 heavy (non-hydrogen) atoms. The Morgan fingerprint density at radius 1 is 1.00 bits per heavy atom. The van der Waals surface area contributed by atoms with Gasteiger partial charge < -0.3 is 4.90 Å². The van der Waals surface area contributed by atoms with Crippen LogP contribution in [0.5, 0.6) is 0 Å². The van der Waals surface area contributed by atoms with Gasteiger partial charge in [0.1, 0.15) is 6.04 Å². The summed E-state index contributed by atoms with van der Waals surface area (Å²) in [4.78, 5) is 30.2. The molecule has 0 bridgehead atoms. The fraction of sp³-hybridized carbons (Fsp3) is 0.222. The number of amides is 2. The van der Waals surface area contributed by atoms with Crippen LogP contribution in [0.4, 0.5) is 11.4 Å². The van der Waals surface area contributed by atoms with Crippen molar-refractivity contribution < 1.29 is 9.59 Å². The monoisotopic (exact) mass is 423 g/mol. The average Bonchev–Trinajstić information content (AvgIpc) is 2.86. The molecule has 5 nitrogen and oxygen atoms in total. The van der Waals surface area contributed by atoms with E-state index >= 15 is 0 Å². The van der Waals surface area contributed by atoms with Gasteiger partial charge in [0.2, 0.25) is 11.8 Å². The van der Waals surface area contributed by atoms with E-state index in [1.807, 2.05) is 66.7 Å². The fourth-order valence-electron chi connectivity index (χ4n) is 4.21. The molecule has 1 unspecified atom stereocenters. The van der Waals surface area contributed by atoms with Gasteiger partial charge in [-0.3, -0.25) is 14.5 Å². The third-order valence-corrected chi connectivity index (χ3v) is 5.99. The van der Waals surface area contributed by atoms with Gasteiger partial charge in [0.15, 0.2) is 0 Å². The first-order valence-electron chi connectivity index (χ1n) is 10.8. The number of carbonyl (C=O) groups excluding carboxylic acids is 2. The van der Waals surface area contributed by atoms with Crippen molar-refractivity contribution in [2.24, 2.45) is 0 Å². The lowest BCUT2D eigenvalue weighted by molar-refractivity contribution is -0.125. The zero-order valence-electron chi connectivity index (χ0n) is 18.1. The van der Waals surface area contributed by atoms with Gasteiger partial charge in [-0.05, 0) is 60.7 Å². The molecular weight excluding hydrogens is 398 g/mol. The van der Waals surface area contributed by atoms with E-state index in [9.17, 15) is 9.59 Å². The van der Waals surface area contributed by atoms with Crippen molar-refractivity contribution in [3.63, 3.8) is 0 Å². The largest absolute Gasteiger partial charge is 0.314 e. The Kier molecular flexibility index (Phi) is 6.32. The molecule has 0 N–H and O–H groups in total. The number of carbonyl (C=O) groups is 2. The van der Waals surface area contributed by atoms with Crippen LogP contribution < -0.4 is 9.80 Å². The lowest BCUT2D eigenvalue weighted by Crippen LogP contribution is -2.52. The first-order valence-corrected chi connectivity index (χ1v) is 10.8. The van der Waals surface area contributed by atoms with Gasteiger partial charge in [0.05, 0.1) is 11.6 Å². The molecule has 3 aromatic carbocycles. The van der Waals surface area contributed by atoms with Crippen LogP contribution >= 0.6 is 0 Å². The van der Waals surface area contributed by atoms with Crippen LogP contribution in [-0.2, 0) is 22.4 Å². The minimum atomic E-state index is -0.538. The van der Waals surface area contributed by atoms with E-state index in [-0.39, 0.29) is 11.8 Å². The summed E-state index contributed by atoms with van der Waals surface area (Å²) in [6.45, 7) is 0. The quantitative estimate of drug-likeness (QED) is 0.607. The second-order valence-corrected chi connectivity index (χ2v) is 7.99. The summed E-state index contributed by atoms with van der Waals surface area (Å²) in [5, 5.41) is 8.97. The number of nitrogens with zero attached hydrogens (tertiary/aromatic N) is 3. The summed E-state index contributed by atoms with van der Waals surface area (Å²) in [6.07, 6.45) is 2.20. The molecule has 1 heterocycles. The van der Waals surface area contributed by atoms with Crippen LogP contribution in [-0.4, -0.2) is 24.9 Å². The van der Waals surface area contributed by atoms with Crippen LogP contribution in [0.2, 0.25) is 0 Å². The predicted octanol–water partition coefficient (Wildman–Crippen LogP) is 4.50. The molecule has 0 saturated heterocycles. The Labute approximate surface area is 188 Å². The number of rotatable bonds is 5. The summed E-state index contributed by atoms with van der Waals surface area (Å²) in [7, 11) is 1.76. The Bertz CT molecular complexity index is 1150. The molecule has 1 aliphatic heterocycles. The van der Waals surface area contributed by atoms with Crippen LogP contribution in [0.3, 0.4) is 0 Å². The summed E-state index contributed by atoms with van der Waals surface area (Å²) in [5.74, 6) is -0.154. The van der Waals surface area contributed by atoms with Gasteiger partial charge in [-0.2, -0.15) is 5.26 Å². The predicted molar refractivity (Wildman–Crippen MR) is 125 cm³/mol. The zero-order chi connectivity index (χ0) is 22.5. The molecule has 1 atom stereocenters. The Hall–Kier alpha value is -3.91. The lowest BCUT2D eigenvalue weighted by atomic mass is 9.94. The SMILES string of the molecule is CN(C(=O)C1CCc2ccccc2N1C(=O)CCc1ccc(C#N)cc1)c1ccccc1. The maximum Gasteiger partial charge on any atom is 0.249 e. The normalized spacial score (nSPS) is 14.9. The van der Waals surface area contributed by atoms with Crippen molar-refractivity contribution in [2.75, 3.05) is 16.8 Å². The number of hydrogen-bond donors (Lipinski definition) is 0. The number of benzene rings is 3. The number of para-hydroxylation sites is 2. The van der Waals surface area contributed by atoms with Crippen LogP contribution in [0.25, 0.3) is 0 Å². The third kappa shape index (κ3) is 4.40. The van der Waals surface area contributed by atoms with Crippen molar-refractivity contribution in [1.29, 1.82) is 5.26 Å². The van der Waals surface area contributed by atoms with Gasteiger partial charge >= 0.3 is 0 Å². The number of hydrogen-bond acceptors (Lipinski definition) is 3. The smallest absolute Gasteiger partial charge is 0.249 e. The van der Waals surface area contributed by atoms with Crippen molar-refractivity contribution in [3.8, 4) is 6.07 Å². The second-order valence-electron chi connectivity index (χ2n) is 7.99. The first kappa shape index (κ1) is 21.3. The highest BCUT2D eigenvalue weighted by Crippen LogP contribution is 2.32. The van der Waals surface area contributed by atoms with Gasteiger partial charge in [0.25, 0.3) is 0 Å². The molecular formula is C27H25N3O2. The van der Waals surface area contributed by atoms with Crippen molar-refractivity contribution in [2.45, 2.75) is 31.7 Å². The molecule has 3 aromatic rings. The van der Waals surface area contributed by atoms with E-state index in [2.05, 4.69) is 6.07 Å². The average molecular weight is 424 g/mol.